The smallest absolute Gasteiger partial charge is 0.206 e. The molecule has 1 saturated carbocycles. The van der Waals surface area contributed by atoms with Crippen LogP contribution in [0.25, 0.3) is 0 Å². The quantitative estimate of drug-likeness (QED) is 0.418. The van der Waals surface area contributed by atoms with Crippen molar-refractivity contribution in [1.82, 2.24) is 0 Å². The van der Waals surface area contributed by atoms with Gasteiger partial charge in [-0.05, 0) is 55.2 Å². The van der Waals surface area contributed by atoms with Crippen molar-refractivity contribution >= 4 is 0 Å². The van der Waals surface area contributed by atoms with Gasteiger partial charge in [-0.15, -0.1) is 0 Å². The molecular formula is C17H17F7. The fraction of sp³-hybridized carbons (Fsp3) is 0.529. The second kappa shape index (κ2) is 7.57. The molecule has 1 aromatic carbocycles. The Morgan fingerprint density at radius 3 is 2.00 bits per heavy atom. The van der Waals surface area contributed by atoms with Crippen molar-refractivity contribution in [2.24, 2.45) is 5.92 Å². The molecule has 2 rings (SSSR count). The molecule has 0 bridgehead atoms. The van der Waals surface area contributed by atoms with Crippen molar-refractivity contribution in [3.8, 4) is 0 Å². The Morgan fingerprint density at radius 2 is 1.54 bits per heavy atom. The average Bonchev–Trinajstić information content (AvgIpc) is 2.45. The second-order valence-corrected chi connectivity index (χ2v) is 6.06. The Bertz CT molecular complexity index is 558. The number of halogens is 7. The molecule has 0 amide bonds. The van der Waals surface area contributed by atoms with Gasteiger partial charge < -0.3 is 0 Å². The molecule has 7 heteroatoms. The summed E-state index contributed by atoms with van der Waals surface area (Å²) in [6, 6.07) is 1.88. The maximum absolute atomic E-state index is 13.6. The molecule has 0 heterocycles. The molecule has 0 N–H and O–H groups in total. The molecule has 1 fully saturated rings. The van der Waals surface area contributed by atoms with E-state index < -0.39 is 36.2 Å². The highest BCUT2D eigenvalue weighted by Crippen LogP contribution is 2.38. The van der Waals surface area contributed by atoms with Gasteiger partial charge in [0, 0.05) is 0 Å². The van der Waals surface area contributed by atoms with E-state index >= 15 is 0 Å². The largest absolute Gasteiger partial charge is 0.392 e. The predicted molar refractivity (Wildman–Crippen MR) is 75.8 cm³/mol. The molecule has 0 aliphatic heterocycles. The summed E-state index contributed by atoms with van der Waals surface area (Å²) in [6.45, 7) is 0. The minimum Gasteiger partial charge on any atom is -0.206 e. The molecule has 0 unspecified atom stereocenters. The van der Waals surface area contributed by atoms with E-state index in [2.05, 4.69) is 0 Å². The first kappa shape index (κ1) is 18.8. The third kappa shape index (κ3) is 4.98. The maximum atomic E-state index is 13.6. The SMILES string of the molecule is Fc1cc(C2CCC(C=CCC(F)(F)F)CC2)cc(F)c1C(F)F. The Balaban J connectivity index is 1.98. The van der Waals surface area contributed by atoms with E-state index in [1.807, 2.05) is 0 Å². The summed E-state index contributed by atoms with van der Waals surface area (Å²) in [6.07, 6.45) is -3.49. The van der Waals surface area contributed by atoms with Crippen molar-refractivity contribution in [3.05, 3.63) is 47.0 Å². The molecule has 0 aromatic heterocycles. The van der Waals surface area contributed by atoms with Gasteiger partial charge in [0.05, 0.1) is 12.0 Å². The van der Waals surface area contributed by atoms with Crippen molar-refractivity contribution in [2.45, 2.75) is 50.6 Å². The lowest BCUT2D eigenvalue weighted by Gasteiger charge is -2.27. The Hall–Kier alpha value is -1.53. The van der Waals surface area contributed by atoms with Crippen molar-refractivity contribution < 1.29 is 30.7 Å². The van der Waals surface area contributed by atoms with Gasteiger partial charge in [0.2, 0.25) is 0 Å². The van der Waals surface area contributed by atoms with E-state index in [4.69, 9.17) is 0 Å². The lowest BCUT2D eigenvalue weighted by Crippen LogP contribution is -2.13. The topological polar surface area (TPSA) is 0 Å². The highest BCUT2D eigenvalue weighted by Gasteiger charge is 2.27. The Labute approximate surface area is 135 Å². The van der Waals surface area contributed by atoms with Crippen LogP contribution in [0.4, 0.5) is 30.7 Å². The zero-order valence-electron chi connectivity index (χ0n) is 12.7. The third-order valence-corrected chi connectivity index (χ3v) is 4.32. The summed E-state index contributed by atoms with van der Waals surface area (Å²) in [5, 5.41) is 0. The molecule has 0 radical (unpaired) electrons. The van der Waals surface area contributed by atoms with Gasteiger partial charge in [0.25, 0.3) is 6.43 Å². The summed E-state index contributed by atoms with van der Waals surface area (Å²) >= 11 is 0. The van der Waals surface area contributed by atoms with Crippen molar-refractivity contribution in [2.75, 3.05) is 0 Å². The minimum absolute atomic E-state index is 0.00127. The van der Waals surface area contributed by atoms with Crippen molar-refractivity contribution in [3.63, 3.8) is 0 Å². The van der Waals surface area contributed by atoms with Gasteiger partial charge in [-0.3, -0.25) is 0 Å². The van der Waals surface area contributed by atoms with Gasteiger partial charge in [-0.2, -0.15) is 13.2 Å². The van der Waals surface area contributed by atoms with Gasteiger partial charge in [0.15, 0.2) is 0 Å². The highest BCUT2D eigenvalue weighted by atomic mass is 19.4. The third-order valence-electron chi connectivity index (χ3n) is 4.32. The molecule has 24 heavy (non-hydrogen) atoms. The zero-order chi connectivity index (χ0) is 17.9. The molecule has 0 atom stereocenters. The number of benzene rings is 1. The molecule has 134 valence electrons. The van der Waals surface area contributed by atoms with E-state index in [0.29, 0.717) is 31.2 Å². The number of alkyl halides is 5. The number of allylic oxidation sites excluding steroid dienone is 2. The fourth-order valence-corrected chi connectivity index (χ4v) is 3.09. The van der Waals surface area contributed by atoms with Gasteiger partial charge in [-0.1, -0.05) is 12.2 Å². The van der Waals surface area contributed by atoms with Gasteiger partial charge in [-0.25, -0.2) is 17.6 Å². The fourth-order valence-electron chi connectivity index (χ4n) is 3.09. The second-order valence-electron chi connectivity index (χ2n) is 6.06. The minimum atomic E-state index is -4.23. The first-order valence-corrected chi connectivity index (χ1v) is 7.67. The standard InChI is InChI=1S/C17H17F7/c18-13-8-12(9-14(19)15(13)16(20)21)11-5-3-10(4-6-11)2-1-7-17(22,23)24/h1-2,8-11,16H,3-7H2. The normalized spacial score (nSPS) is 22.5. The van der Waals surface area contributed by atoms with Crippen LogP contribution >= 0.6 is 0 Å². The van der Waals surface area contributed by atoms with E-state index in [-0.39, 0.29) is 11.8 Å². The van der Waals surface area contributed by atoms with Crippen LogP contribution in [0.3, 0.4) is 0 Å². The summed E-state index contributed by atoms with van der Waals surface area (Å²) in [4.78, 5) is 0. The van der Waals surface area contributed by atoms with Crippen LogP contribution < -0.4 is 0 Å². The predicted octanol–water partition coefficient (Wildman–Crippen LogP) is 6.68. The molecule has 0 saturated heterocycles. The van der Waals surface area contributed by atoms with E-state index in [1.165, 1.54) is 6.08 Å². The molecule has 1 aromatic rings. The van der Waals surface area contributed by atoms with E-state index in [0.717, 1.165) is 18.2 Å². The molecule has 0 spiro atoms. The van der Waals surface area contributed by atoms with Crippen LogP contribution in [0.5, 0.6) is 0 Å². The first-order chi connectivity index (χ1) is 11.2. The van der Waals surface area contributed by atoms with Crippen LogP contribution in [0.2, 0.25) is 0 Å². The summed E-state index contributed by atoms with van der Waals surface area (Å²) in [7, 11) is 0. The maximum Gasteiger partial charge on any atom is 0.392 e. The van der Waals surface area contributed by atoms with Crippen LogP contribution in [-0.2, 0) is 0 Å². The van der Waals surface area contributed by atoms with Crippen molar-refractivity contribution in [1.29, 1.82) is 0 Å². The monoisotopic (exact) mass is 354 g/mol. The van der Waals surface area contributed by atoms with Crippen LogP contribution in [0, 0.1) is 17.6 Å². The lowest BCUT2D eigenvalue weighted by atomic mass is 9.78. The van der Waals surface area contributed by atoms with Crippen LogP contribution in [0.15, 0.2) is 24.3 Å². The summed E-state index contributed by atoms with van der Waals surface area (Å²) in [5.41, 5.74) is -0.894. The van der Waals surface area contributed by atoms with E-state index in [9.17, 15) is 30.7 Å². The van der Waals surface area contributed by atoms with Gasteiger partial charge >= 0.3 is 6.18 Å². The lowest BCUT2D eigenvalue weighted by molar-refractivity contribution is -0.125. The van der Waals surface area contributed by atoms with Crippen LogP contribution in [0.1, 0.15) is 55.6 Å². The van der Waals surface area contributed by atoms with Gasteiger partial charge in [0.1, 0.15) is 11.6 Å². The van der Waals surface area contributed by atoms with Crippen LogP contribution in [-0.4, -0.2) is 6.18 Å². The Morgan fingerprint density at radius 1 is 1.00 bits per heavy atom. The number of rotatable bonds is 4. The Kier molecular flexibility index (Phi) is 5.93. The molecular weight excluding hydrogens is 337 g/mol. The molecule has 0 nitrogen and oxygen atoms in total. The summed E-state index contributed by atoms with van der Waals surface area (Å²) in [5.74, 6) is -2.69. The number of hydrogen-bond donors (Lipinski definition) is 0. The highest BCUT2D eigenvalue weighted by molar-refractivity contribution is 5.29. The average molecular weight is 354 g/mol. The summed E-state index contributed by atoms with van der Waals surface area (Å²) < 4.78 is 88.6. The number of hydrogen-bond acceptors (Lipinski definition) is 0. The molecule has 1 aliphatic carbocycles. The molecule has 1 aliphatic rings. The first-order valence-electron chi connectivity index (χ1n) is 7.67. The van der Waals surface area contributed by atoms with E-state index in [1.54, 1.807) is 0 Å². The zero-order valence-corrected chi connectivity index (χ0v) is 12.7.